The van der Waals surface area contributed by atoms with Crippen molar-refractivity contribution in [3.05, 3.63) is 66.0 Å². The number of amides is 1. The molecule has 5 nitrogen and oxygen atoms in total. The molecule has 0 spiro atoms. The van der Waals surface area contributed by atoms with Crippen LogP contribution < -0.4 is 0 Å². The summed E-state index contributed by atoms with van der Waals surface area (Å²) in [6, 6.07) is 12.9. The van der Waals surface area contributed by atoms with E-state index >= 15 is 0 Å². The van der Waals surface area contributed by atoms with Crippen LogP contribution in [-0.2, 0) is 16.1 Å². The van der Waals surface area contributed by atoms with Crippen molar-refractivity contribution in [3.63, 3.8) is 0 Å². The van der Waals surface area contributed by atoms with Crippen molar-refractivity contribution >= 4 is 11.7 Å². The fraction of sp³-hybridized carbons (Fsp3) is 0.316. The standard InChI is InChI=1S/C19H20N2O3/c22-18(16-8-4-10-20-12-16)19(23)21(14-17-9-5-11-24-17)13-15-6-2-1-3-7-15/h1-4,6-8,10,12,17H,5,9,11,13-14H2/t17-/m1/s1. The van der Waals surface area contributed by atoms with Gasteiger partial charge in [-0.2, -0.15) is 0 Å². The van der Waals surface area contributed by atoms with Gasteiger partial charge in [0.15, 0.2) is 0 Å². The van der Waals surface area contributed by atoms with Gasteiger partial charge in [0.1, 0.15) is 0 Å². The van der Waals surface area contributed by atoms with Crippen LogP contribution in [0.15, 0.2) is 54.9 Å². The molecule has 0 aliphatic carbocycles. The van der Waals surface area contributed by atoms with E-state index in [2.05, 4.69) is 4.98 Å². The highest BCUT2D eigenvalue weighted by Gasteiger charge is 2.27. The van der Waals surface area contributed by atoms with Crippen LogP contribution in [-0.4, -0.2) is 40.8 Å². The minimum atomic E-state index is -0.531. The first-order chi connectivity index (χ1) is 11.7. The molecular weight excluding hydrogens is 304 g/mol. The van der Waals surface area contributed by atoms with Crippen molar-refractivity contribution in [2.75, 3.05) is 13.2 Å². The van der Waals surface area contributed by atoms with E-state index in [1.165, 1.54) is 6.20 Å². The van der Waals surface area contributed by atoms with Gasteiger partial charge in [0, 0.05) is 37.7 Å². The minimum absolute atomic E-state index is 0.000592. The van der Waals surface area contributed by atoms with E-state index in [0.717, 1.165) is 18.4 Å². The second kappa shape index (κ2) is 7.84. The van der Waals surface area contributed by atoms with E-state index in [0.29, 0.717) is 25.3 Å². The predicted molar refractivity (Wildman–Crippen MR) is 89.4 cm³/mol. The Labute approximate surface area is 141 Å². The first kappa shape index (κ1) is 16.3. The summed E-state index contributed by atoms with van der Waals surface area (Å²) in [5.74, 6) is -1.04. The number of hydrogen-bond donors (Lipinski definition) is 0. The number of pyridine rings is 1. The molecule has 1 aromatic carbocycles. The van der Waals surface area contributed by atoms with Gasteiger partial charge in [0.05, 0.1) is 6.10 Å². The van der Waals surface area contributed by atoms with Crippen molar-refractivity contribution in [3.8, 4) is 0 Å². The fourth-order valence-electron chi connectivity index (χ4n) is 2.82. The Morgan fingerprint density at radius 2 is 2.00 bits per heavy atom. The highest BCUT2D eigenvalue weighted by Crippen LogP contribution is 2.16. The van der Waals surface area contributed by atoms with Crippen LogP contribution in [0.4, 0.5) is 0 Å². The van der Waals surface area contributed by atoms with Crippen LogP contribution >= 0.6 is 0 Å². The van der Waals surface area contributed by atoms with Crippen LogP contribution in [0.1, 0.15) is 28.8 Å². The van der Waals surface area contributed by atoms with Crippen molar-refractivity contribution in [2.45, 2.75) is 25.5 Å². The maximum absolute atomic E-state index is 12.7. The number of aromatic nitrogens is 1. The van der Waals surface area contributed by atoms with Gasteiger partial charge in [-0.1, -0.05) is 30.3 Å². The lowest BCUT2D eigenvalue weighted by atomic mass is 10.1. The number of ether oxygens (including phenoxy) is 1. The summed E-state index contributed by atoms with van der Waals surface area (Å²) in [6.45, 7) is 1.54. The topological polar surface area (TPSA) is 59.5 Å². The molecule has 1 aliphatic rings. The Hall–Kier alpha value is -2.53. The third-order valence-corrected chi connectivity index (χ3v) is 4.07. The summed E-state index contributed by atoms with van der Waals surface area (Å²) >= 11 is 0. The molecule has 0 N–H and O–H groups in total. The SMILES string of the molecule is O=C(C(=O)N(Cc1ccccc1)C[C@H]1CCCO1)c1cccnc1. The van der Waals surface area contributed by atoms with E-state index in [4.69, 9.17) is 4.74 Å². The number of Topliss-reactive ketones (excluding diaryl/α,β-unsaturated/α-hetero) is 1. The molecule has 0 radical (unpaired) electrons. The molecule has 0 saturated carbocycles. The molecule has 1 aliphatic heterocycles. The highest BCUT2D eigenvalue weighted by molar-refractivity contribution is 6.42. The number of hydrogen-bond acceptors (Lipinski definition) is 4. The highest BCUT2D eigenvalue weighted by atomic mass is 16.5. The average molecular weight is 324 g/mol. The van der Waals surface area contributed by atoms with Crippen LogP contribution in [0.2, 0.25) is 0 Å². The van der Waals surface area contributed by atoms with E-state index in [9.17, 15) is 9.59 Å². The quantitative estimate of drug-likeness (QED) is 0.605. The Morgan fingerprint density at radius 3 is 2.67 bits per heavy atom. The summed E-state index contributed by atoms with van der Waals surface area (Å²) in [6.07, 6.45) is 4.91. The number of benzene rings is 1. The Kier molecular flexibility index (Phi) is 5.33. The molecule has 1 aromatic heterocycles. The van der Waals surface area contributed by atoms with Gasteiger partial charge in [-0.05, 0) is 30.5 Å². The molecule has 124 valence electrons. The van der Waals surface area contributed by atoms with Crippen LogP contribution in [0.3, 0.4) is 0 Å². The normalized spacial score (nSPS) is 16.8. The smallest absolute Gasteiger partial charge is 0.295 e. The van der Waals surface area contributed by atoms with E-state index in [-0.39, 0.29) is 6.10 Å². The van der Waals surface area contributed by atoms with Crippen LogP contribution in [0, 0.1) is 0 Å². The molecule has 0 unspecified atom stereocenters. The molecule has 5 heteroatoms. The molecule has 0 bridgehead atoms. The average Bonchev–Trinajstić information content (AvgIpc) is 3.15. The molecule has 1 fully saturated rings. The van der Waals surface area contributed by atoms with Gasteiger partial charge in [-0.3, -0.25) is 14.6 Å². The third kappa shape index (κ3) is 4.06. The van der Waals surface area contributed by atoms with E-state index in [1.54, 1.807) is 23.2 Å². The Morgan fingerprint density at radius 1 is 1.17 bits per heavy atom. The molecule has 24 heavy (non-hydrogen) atoms. The zero-order chi connectivity index (χ0) is 16.8. The van der Waals surface area contributed by atoms with Crippen molar-refractivity contribution in [1.82, 2.24) is 9.88 Å². The number of nitrogens with zero attached hydrogens (tertiary/aromatic N) is 2. The van der Waals surface area contributed by atoms with Crippen LogP contribution in [0.5, 0.6) is 0 Å². The molecule has 1 atom stereocenters. The van der Waals surface area contributed by atoms with Gasteiger partial charge in [-0.15, -0.1) is 0 Å². The van der Waals surface area contributed by atoms with Crippen molar-refractivity contribution in [1.29, 1.82) is 0 Å². The lowest BCUT2D eigenvalue weighted by Crippen LogP contribution is -2.40. The van der Waals surface area contributed by atoms with Crippen molar-refractivity contribution < 1.29 is 14.3 Å². The Bertz CT molecular complexity index is 682. The van der Waals surface area contributed by atoms with Gasteiger partial charge >= 0.3 is 0 Å². The second-order valence-electron chi connectivity index (χ2n) is 5.88. The second-order valence-corrected chi connectivity index (χ2v) is 5.88. The number of carbonyl (C=O) groups excluding carboxylic acids is 2. The maximum Gasteiger partial charge on any atom is 0.295 e. The molecule has 2 aromatic rings. The van der Waals surface area contributed by atoms with Crippen molar-refractivity contribution in [2.24, 2.45) is 0 Å². The zero-order valence-electron chi connectivity index (χ0n) is 13.4. The molecule has 2 heterocycles. The molecule has 1 saturated heterocycles. The summed E-state index contributed by atoms with van der Waals surface area (Å²) in [5, 5.41) is 0. The van der Waals surface area contributed by atoms with E-state index < -0.39 is 11.7 Å². The van der Waals surface area contributed by atoms with Gasteiger partial charge in [0.25, 0.3) is 11.7 Å². The summed E-state index contributed by atoms with van der Waals surface area (Å²) in [7, 11) is 0. The largest absolute Gasteiger partial charge is 0.376 e. The van der Waals surface area contributed by atoms with Gasteiger partial charge < -0.3 is 9.64 Å². The number of carbonyl (C=O) groups is 2. The Balaban J connectivity index is 1.77. The summed E-state index contributed by atoms with van der Waals surface area (Å²) < 4.78 is 5.64. The zero-order valence-corrected chi connectivity index (χ0v) is 13.4. The van der Waals surface area contributed by atoms with Crippen LogP contribution in [0.25, 0.3) is 0 Å². The summed E-state index contributed by atoms with van der Waals surface area (Å²) in [5.41, 5.74) is 1.30. The first-order valence-corrected chi connectivity index (χ1v) is 8.13. The molecular formula is C19H20N2O3. The molecule has 3 rings (SSSR count). The fourth-order valence-corrected chi connectivity index (χ4v) is 2.82. The molecule has 1 amide bonds. The number of rotatable bonds is 6. The lowest BCUT2D eigenvalue weighted by Gasteiger charge is -2.25. The van der Waals surface area contributed by atoms with Gasteiger partial charge in [-0.25, -0.2) is 0 Å². The first-order valence-electron chi connectivity index (χ1n) is 8.13. The maximum atomic E-state index is 12.7. The van der Waals surface area contributed by atoms with E-state index in [1.807, 2.05) is 30.3 Å². The number of ketones is 1. The monoisotopic (exact) mass is 324 g/mol. The summed E-state index contributed by atoms with van der Waals surface area (Å²) in [4.78, 5) is 30.7. The predicted octanol–water partition coefficient (Wildman–Crippen LogP) is 2.47. The van der Waals surface area contributed by atoms with Gasteiger partial charge in [0.2, 0.25) is 0 Å². The lowest BCUT2D eigenvalue weighted by molar-refractivity contribution is -0.128. The third-order valence-electron chi connectivity index (χ3n) is 4.07. The minimum Gasteiger partial charge on any atom is -0.376 e.